The quantitative estimate of drug-likeness (QED) is 0.819. The maximum Gasteiger partial charge on any atom is 0.162 e. The van der Waals surface area contributed by atoms with Gasteiger partial charge in [-0.3, -0.25) is 0 Å². The van der Waals surface area contributed by atoms with Crippen LogP contribution in [-0.2, 0) is 6.42 Å². The minimum absolute atomic E-state index is 0.141. The van der Waals surface area contributed by atoms with Crippen LogP contribution in [0.2, 0.25) is 5.02 Å². The van der Waals surface area contributed by atoms with E-state index in [-0.39, 0.29) is 6.04 Å². The molecule has 0 spiro atoms. The SMILES string of the molecule is CNC(Cc1cccc(F)c1F)c1ccc(Cl)cc1Br. The Labute approximate surface area is 130 Å². The third kappa shape index (κ3) is 3.37. The van der Waals surface area contributed by atoms with Crippen LogP contribution in [0.3, 0.4) is 0 Å². The predicted molar refractivity (Wildman–Crippen MR) is 81.0 cm³/mol. The van der Waals surface area contributed by atoms with E-state index in [0.29, 0.717) is 17.0 Å². The molecule has 0 fully saturated rings. The van der Waals surface area contributed by atoms with E-state index < -0.39 is 11.6 Å². The van der Waals surface area contributed by atoms with Crippen LogP contribution >= 0.6 is 27.5 Å². The highest BCUT2D eigenvalue weighted by Crippen LogP contribution is 2.29. The zero-order valence-corrected chi connectivity index (χ0v) is 13.1. The summed E-state index contributed by atoms with van der Waals surface area (Å²) in [6, 6.07) is 9.50. The van der Waals surface area contributed by atoms with Gasteiger partial charge in [0.1, 0.15) is 0 Å². The summed E-state index contributed by atoms with van der Waals surface area (Å²) in [7, 11) is 1.78. The lowest BCUT2D eigenvalue weighted by Gasteiger charge is -2.19. The lowest BCUT2D eigenvalue weighted by molar-refractivity contribution is 0.486. The number of rotatable bonds is 4. The second-order valence-electron chi connectivity index (χ2n) is 4.42. The molecule has 1 N–H and O–H groups in total. The van der Waals surface area contributed by atoms with Crippen LogP contribution < -0.4 is 5.32 Å². The molecule has 0 aliphatic rings. The van der Waals surface area contributed by atoms with Gasteiger partial charge in [-0.2, -0.15) is 0 Å². The second-order valence-corrected chi connectivity index (χ2v) is 5.71. The monoisotopic (exact) mass is 359 g/mol. The molecule has 0 saturated carbocycles. The van der Waals surface area contributed by atoms with E-state index in [1.54, 1.807) is 25.2 Å². The van der Waals surface area contributed by atoms with Crippen LogP contribution in [0.5, 0.6) is 0 Å². The van der Waals surface area contributed by atoms with Gasteiger partial charge in [0.05, 0.1) is 0 Å². The number of hydrogen-bond donors (Lipinski definition) is 1. The first-order chi connectivity index (χ1) is 9.52. The summed E-state index contributed by atoms with van der Waals surface area (Å²) in [4.78, 5) is 0. The fraction of sp³-hybridized carbons (Fsp3) is 0.200. The van der Waals surface area contributed by atoms with E-state index in [9.17, 15) is 8.78 Å². The Hall–Kier alpha value is -0.970. The van der Waals surface area contributed by atoms with Crippen molar-refractivity contribution in [3.8, 4) is 0 Å². The van der Waals surface area contributed by atoms with Crippen molar-refractivity contribution in [2.45, 2.75) is 12.5 Å². The van der Waals surface area contributed by atoms with Crippen LogP contribution in [0.25, 0.3) is 0 Å². The highest BCUT2D eigenvalue weighted by Gasteiger charge is 2.17. The number of halogens is 4. The first kappa shape index (κ1) is 15.4. The summed E-state index contributed by atoms with van der Waals surface area (Å²) in [6.07, 6.45) is 0.348. The van der Waals surface area contributed by atoms with Gasteiger partial charge in [-0.15, -0.1) is 0 Å². The van der Waals surface area contributed by atoms with Crippen molar-refractivity contribution < 1.29 is 8.78 Å². The molecule has 0 aliphatic carbocycles. The van der Waals surface area contributed by atoms with Crippen molar-refractivity contribution in [1.29, 1.82) is 0 Å². The summed E-state index contributed by atoms with van der Waals surface area (Å²) in [5.41, 5.74) is 1.28. The molecule has 0 radical (unpaired) electrons. The molecule has 2 aromatic rings. The van der Waals surface area contributed by atoms with Gasteiger partial charge in [-0.25, -0.2) is 8.78 Å². The normalized spacial score (nSPS) is 12.4. The first-order valence-electron chi connectivity index (χ1n) is 6.08. The summed E-state index contributed by atoms with van der Waals surface area (Å²) < 4.78 is 27.8. The third-order valence-corrected chi connectivity index (χ3v) is 4.06. The molecular formula is C15H13BrClF2N. The van der Waals surface area contributed by atoms with Gasteiger partial charge in [-0.05, 0) is 42.8 Å². The minimum Gasteiger partial charge on any atom is -0.313 e. The molecule has 1 atom stereocenters. The van der Waals surface area contributed by atoms with Crippen molar-refractivity contribution in [3.05, 3.63) is 68.7 Å². The third-order valence-electron chi connectivity index (χ3n) is 3.14. The lowest BCUT2D eigenvalue weighted by atomic mass is 9.98. The number of benzene rings is 2. The maximum atomic E-state index is 13.7. The summed E-state index contributed by atoms with van der Waals surface area (Å²) in [5.74, 6) is -1.62. The van der Waals surface area contributed by atoms with Crippen molar-refractivity contribution in [2.75, 3.05) is 7.05 Å². The smallest absolute Gasteiger partial charge is 0.162 e. The topological polar surface area (TPSA) is 12.0 Å². The van der Waals surface area contributed by atoms with Gasteiger partial charge < -0.3 is 5.32 Å². The Bertz CT molecular complexity index is 619. The van der Waals surface area contributed by atoms with Crippen molar-refractivity contribution in [1.82, 2.24) is 5.32 Å². The van der Waals surface area contributed by atoms with Gasteiger partial charge in [-0.1, -0.05) is 45.7 Å². The summed E-state index contributed by atoms with van der Waals surface area (Å²) in [6.45, 7) is 0. The van der Waals surface area contributed by atoms with Crippen LogP contribution in [0.4, 0.5) is 8.78 Å². The molecule has 0 bridgehead atoms. The molecule has 0 aromatic heterocycles. The van der Waals surface area contributed by atoms with Gasteiger partial charge in [0, 0.05) is 15.5 Å². The number of likely N-dealkylation sites (N-methyl/N-ethyl adjacent to an activating group) is 1. The van der Waals surface area contributed by atoms with Crippen LogP contribution in [0.15, 0.2) is 40.9 Å². The molecule has 1 unspecified atom stereocenters. The number of nitrogens with one attached hydrogen (secondary N) is 1. The van der Waals surface area contributed by atoms with Crippen molar-refractivity contribution in [2.24, 2.45) is 0 Å². The van der Waals surface area contributed by atoms with E-state index in [1.165, 1.54) is 6.07 Å². The Kier molecular flexibility index (Phi) is 5.13. The zero-order chi connectivity index (χ0) is 14.7. The Morgan fingerprint density at radius 1 is 1.25 bits per heavy atom. The molecule has 0 saturated heterocycles. The molecule has 106 valence electrons. The molecule has 0 aliphatic heterocycles. The molecular weight excluding hydrogens is 348 g/mol. The molecule has 2 aromatic carbocycles. The Morgan fingerprint density at radius 3 is 2.65 bits per heavy atom. The van der Waals surface area contributed by atoms with Crippen molar-refractivity contribution >= 4 is 27.5 Å². The fourth-order valence-corrected chi connectivity index (χ4v) is 3.04. The predicted octanol–water partition coefficient (Wildman–Crippen LogP) is 4.88. The van der Waals surface area contributed by atoms with Crippen LogP contribution in [-0.4, -0.2) is 7.05 Å². The van der Waals surface area contributed by atoms with E-state index in [2.05, 4.69) is 21.2 Å². The molecule has 0 amide bonds. The highest BCUT2D eigenvalue weighted by atomic mass is 79.9. The second kappa shape index (κ2) is 6.66. The summed E-state index contributed by atoms with van der Waals surface area (Å²) >= 11 is 9.35. The number of hydrogen-bond acceptors (Lipinski definition) is 1. The van der Waals surface area contributed by atoms with E-state index >= 15 is 0 Å². The average Bonchev–Trinajstić information content (AvgIpc) is 2.41. The van der Waals surface area contributed by atoms with Gasteiger partial charge in [0.2, 0.25) is 0 Å². The summed E-state index contributed by atoms with van der Waals surface area (Å²) in [5, 5.41) is 3.73. The molecule has 5 heteroatoms. The van der Waals surface area contributed by atoms with E-state index in [4.69, 9.17) is 11.6 Å². The maximum absolute atomic E-state index is 13.7. The van der Waals surface area contributed by atoms with Gasteiger partial charge in [0.15, 0.2) is 11.6 Å². The molecule has 0 heterocycles. The molecule has 20 heavy (non-hydrogen) atoms. The molecule has 1 nitrogen and oxygen atoms in total. The minimum atomic E-state index is -0.826. The first-order valence-corrected chi connectivity index (χ1v) is 7.25. The Morgan fingerprint density at radius 2 is 2.00 bits per heavy atom. The van der Waals surface area contributed by atoms with E-state index in [0.717, 1.165) is 16.1 Å². The zero-order valence-electron chi connectivity index (χ0n) is 10.8. The Balaban J connectivity index is 2.31. The largest absolute Gasteiger partial charge is 0.313 e. The van der Waals surface area contributed by atoms with Gasteiger partial charge >= 0.3 is 0 Å². The molecule has 2 rings (SSSR count). The van der Waals surface area contributed by atoms with Crippen LogP contribution in [0.1, 0.15) is 17.2 Å². The van der Waals surface area contributed by atoms with Crippen molar-refractivity contribution in [3.63, 3.8) is 0 Å². The lowest BCUT2D eigenvalue weighted by Crippen LogP contribution is -2.20. The van der Waals surface area contributed by atoms with E-state index in [1.807, 2.05) is 6.07 Å². The average molecular weight is 361 g/mol. The fourth-order valence-electron chi connectivity index (χ4n) is 2.08. The standard InChI is InChI=1S/C15H13BrClF2N/c1-20-14(11-6-5-10(17)8-12(11)16)7-9-3-2-4-13(18)15(9)19/h2-6,8,14,20H,7H2,1H3. The van der Waals surface area contributed by atoms with Gasteiger partial charge in [0.25, 0.3) is 0 Å². The highest BCUT2D eigenvalue weighted by molar-refractivity contribution is 9.10. The van der Waals surface area contributed by atoms with Crippen LogP contribution in [0, 0.1) is 11.6 Å².